The van der Waals surface area contributed by atoms with Gasteiger partial charge >= 0.3 is 0 Å². The Balaban J connectivity index is 1.52. The molecule has 0 aliphatic carbocycles. The van der Waals surface area contributed by atoms with Gasteiger partial charge < -0.3 is 15.0 Å². The molecule has 1 unspecified atom stereocenters. The third-order valence-electron chi connectivity index (χ3n) is 5.06. The maximum absolute atomic E-state index is 13.0. The summed E-state index contributed by atoms with van der Waals surface area (Å²) in [6.07, 6.45) is 0. The van der Waals surface area contributed by atoms with Crippen molar-refractivity contribution >= 4 is 33.4 Å². The highest BCUT2D eigenvalue weighted by Crippen LogP contribution is 2.28. The molecule has 2 aliphatic rings. The lowest BCUT2D eigenvalue weighted by atomic mass is 10.1. The summed E-state index contributed by atoms with van der Waals surface area (Å²) >= 11 is 3.40. The Labute approximate surface area is 166 Å². The van der Waals surface area contributed by atoms with Gasteiger partial charge in [0.15, 0.2) is 0 Å². The molecule has 140 valence electrons. The number of carbonyl (C=O) groups excluding carboxylic acids is 2. The number of nitrogens with one attached hydrogen (secondary N) is 1. The first-order valence-electron chi connectivity index (χ1n) is 8.82. The molecule has 6 nitrogen and oxygen atoms in total. The fourth-order valence-corrected chi connectivity index (χ4v) is 3.97. The van der Waals surface area contributed by atoms with E-state index >= 15 is 0 Å². The summed E-state index contributed by atoms with van der Waals surface area (Å²) in [5.74, 6) is 0.587. The van der Waals surface area contributed by atoms with Crippen LogP contribution >= 0.6 is 15.9 Å². The first-order valence-corrected chi connectivity index (χ1v) is 9.61. The number of rotatable bonds is 3. The minimum atomic E-state index is -0.490. The van der Waals surface area contributed by atoms with Crippen LogP contribution in [0.1, 0.15) is 15.9 Å². The number of benzene rings is 2. The number of fused-ring (bicyclic) bond motifs is 2. The van der Waals surface area contributed by atoms with Crippen LogP contribution in [0.5, 0.6) is 5.75 Å². The van der Waals surface area contributed by atoms with Gasteiger partial charge in [-0.3, -0.25) is 14.5 Å². The first-order chi connectivity index (χ1) is 13.0. The second kappa shape index (κ2) is 7.32. The van der Waals surface area contributed by atoms with Gasteiger partial charge in [0.2, 0.25) is 5.91 Å². The number of hydrogen-bond donors (Lipinski definition) is 1. The van der Waals surface area contributed by atoms with Crippen molar-refractivity contribution in [2.24, 2.45) is 0 Å². The normalized spacial score (nSPS) is 19.8. The van der Waals surface area contributed by atoms with Gasteiger partial charge in [-0.05, 0) is 35.9 Å². The summed E-state index contributed by atoms with van der Waals surface area (Å²) in [6.45, 7) is 2.50. The van der Waals surface area contributed by atoms with Crippen LogP contribution < -0.4 is 10.1 Å². The van der Waals surface area contributed by atoms with Gasteiger partial charge in [-0.1, -0.05) is 28.1 Å². The molecule has 7 heteroatoms. The molecule has 4 rings (SSSR count). The Morgan fingerprint density at radius 3 is 2.67 bits per heavy atom. The summed E-state index contributed by atoms with van der Waals surface area (Å²) in [7, 11) is 1.65. The Morgan fingerprint density at radius 1 is 1.15 bits per heavy atom. The molecule has 1 atom stereocenters. The van der Waals surface area contributed by atoms with E-state index in [1.165, 1.54) is 0 Å². The molecule has 2 heterocycles. The molecular weight excluding hydrogens is 410 g/mol. The van der Waals surface area contributed by atoms with Crippen LogP contribution in [0, 0.1) is 0 Å². The van der Waals surface area contributed by atoms with Gasteiger partial charge in [-0.25, -0.2) is 0 Å². The smallest absolute Gasteiger partial charge is 0.256 e. The van der Waals surface area contributed by atoms with Gasteiger partial charge in [-0.15, -0.1) is 0 Å². The molecule has 1 N–H and O–H groups in total. The fourth-order valence-electron chi connectivity index (χ4n) is 3.61. The molecule has 0 bridgehead atoms. The minimum absolute atomic E-state index is 0.0984. The molecule has 1 fully saturated rings. The highest BCUT2D eigenvalue weighted by Gasteiger charge is 2.39. The van der Waals surface area contributed by atoms with Crippen LogP contribution in [-0.2, 0) is 11.3 Å². The number of halogens is 1. The first kappa shape index (κ1) is 18.0. The molecular formula is C20H20BrN3O3. The monoisotopic (exact) mass is 429 g/mol. The van der Waals surface area contributed by atoms with Gasteiger partial charge in [0.25, 0.3) is 5.91 Å². The van der Waals surface area contributed by atoms with Crippen LogP contribution in [0.2, 0.25) is 0 Å². The average Bonchev–Trinajstić information content (AvgIpc) is 2.78. The number of methoxy groups -OCH3 is 1. The van der Waals surface area contributed by atoms with Gasteiger partial charge in [0, 0.05) is 30.7 Å². The second-order valence-electron chi connectivity index (χ2n) is 6.78. The van der Waals surface area contributed by atoms with E-state index in [0.29, 0.717) is 24.3 Å². The third-order valence-corrected chi connectivity index (χ3v) is 5.56. The van der Waals surface area contributed by atoms with E-state index < -0.39 is 6.04 Å². The van der Waals surface area contributed by atoms with Crippen molar-refractivity contribution in [3.05, 3.63) is 58.1 Å². The van der Waals surface area contributed by atoms with E-state index in [1.807, 2.05) is 30.3 Å². The van der Waals surface area contributed by atoms with Crippen LogP contribution in [0.25, 0.3) is 0 Å². The maximum Gasteiger partial charge on any atom is 0.256 e. The van der Waals surface area contributed by atoms with Crippen molar-refractivity contribution < 1.29 is 14.3 Å². The molecule has 2 aromatic rings. The summed E-state index contributed by atoms with van der Waals surface area (Å²) in [6, 6.07) is 12.8. The predicted molar refractivity (Wildman–Crippen MR) is 106 cm³/mol. The highest BCUT2D eigenvalue weighted by atomic mass is 79.9. The number of amides is 2. The SMILES string of the molecule is COc1ccc(CN2CCN3C(=O)c4cc(Br)ccc4NC(=O)C3C2)cc1. The minimum Gasteiger partial charge on any atom is -0.497 e. The van der Waals surface area contributed by atoms with Crippen LogP contribution in [0.3, 0.4) is 0 Å². The zero-order valence-corrected chi connectivity index (χ0v) is 16.5. The molecule has 1 saturated heterocycles. The van der Waals surface area contributed by atoms with Crippen LogP contribution in [0.15, 0.2) is 46.9 Å². The van der Waals surface area contributed by atoms with E-state index in [9.17, 15) is 9.59 Å². The summed E-state index contributed by atoms with van der Waals surface area (Å²) in [5, 5.41) is 2.91. The zero-order valence-electron chi connectivity index (χ0n) is 14.9. The molecule has 0 saturated carbocycles. The topological polar surface area (TPSA) is 61.9 Å². The molecule has 0 spiro atoms. The van der Waals surface area contributed by atoms with Crippen molar-refractivity contribution in [2.45, 2.75) is 12.6 Å². The zero-order chi connectivity index (χ0) is 19.0. The summed E-state index contributed by atoms with van der Waals surface area (Å²) < 4.78 is 6.01. The fraction of sp³-hybridized carbons (Fsp3) is 0.300. The molecule has 27 heavy (non-hydrogen) atoms. The predicted octanol–water partition coefficient (Wildman–Crippen LogP) is 2.74. The molecule has 2 amide bonds. The molecule has 2 aromatic carbocycles. The van der Waals surface area contributed by atoms with E-state index in [4.69, 9.17) is 4.74 Å². The quantitative estimate of drug-likeness (QED) is 0.814. The van der Waals surface area contributed by atoms with Crippen LogP contribution in [-0.4, -0.2) is 54.4 Å². The van der Waals surface area contributed by atoms with E-state index in [0.717, 1.165) is 28.9 Å². The van der Waals surface area contributed by atoms with E-state index in [2.05, 4.69) is 26.1 Å². The highest BCUT2D eigenvalue weighted by molar-refractivity contribution is 9.10. The number of piperazine rings is 1. The Morgan fingerprint density at radius 2 is 1.93 bits per heavy atom. The number of ether oxygens (including phenoxy) is 1. The van der Waals surface area contributed by atoms with Crippen molar-refractivity contribution in [1.82, 2.24) is 9.80 Å². The molecule has 2 aliphatic heterocycles. The lowest BCUT2D eigenvalue weighted by Crippen LogP contribution is -2.58. The number of nitrogens with zero attached hydrogens (tertiary/aromatic N) is 2. The Hall–Kier alpha value is -2.38. The van der Waals surface area contributed by atoms with Crippen molar-refractivity contribution in [2.75, 3.05) is 32.1 Å². The molecule has 0 aromatic heterocycles. The van der Waals surface area contributed by atoms with Crippen molar-refractivity contribution in [3.63, 3.8) is 0 Å². The lowest BCUT2D eigenvalue weighted by Gasteiger charge is -2.39. The third kappa shape index (κ3) is 3.57. The molecule has 0 radical (unpaired) electrons. The van der Waals surface area contributed by atoms with Gasteiger partial charge in [0.1, 0.15) is 11.8 Å². The standard InChI is InChI=1S/C20H20BrN3O3/c1-27-15-5-2-13(3-6-15)11-23-8-9-24-18(12-23)19(25)22-17-7-4-14(21)10-16(17)20(24)26/h2-7,10,18H,8-9,11-12H2,1H3,(H,22,25). The van der Waals surface area contributed by atoms with Crippen molar-refractivity contribution in [3.8, 4) is 5.75 Å². The largest absolute Gasteiger partial charge is 0.497 e. The van der Waals surface area contributed by atoms with Gasteiger partial charge in [-0.2, -0.15) is 0 Å². The lowest BCUT2D eigenvalue weighted by molar-refractivity contribution is -0.122. The van der Waals surface area contributed by atoms with Crippen LogP contribution in [0.4, 0.5) is 5.69 Å². The van der Waals surface area contributed by atoms with Gasteiger partial charge in [0.05, 0.1) is 18.4 Å². The number of hydrogen-bond acceptors (Lipinski definition) is 4. The average molecular weight is 430 g/mol. The number of anilines is 1. The Bertz CT molecular complexity index is 885. The van der Waals surface area contributed by atoms with E-state index in [-0.39, 0.29) is 11.8 Å². The van der Waals surface area contributed by atoms with E-state index in [1.54, 1.807) is 24.1 Å². The maximum atomic E-state index is 13.0. The second-order valence-corrected chi connectivity index (χ2v) is 7.69. The van der Waals surface area contributed by atoms with Crippen molar-refractivity contribution in [1.29, 1.82) is 0 Å². The number of carbonyl (C=O) groups is 2. The summed E-state index contributed by atoms with van der Waals surface area (Å²) in [4.78, 5) is 29.7. The summed E-state index contributed by atoms with van der Waals surface area (Å²) in [5.41, 5.74) is 2.25. The Kier molecular flexibility index (Phi) is 4.88.